The molecule has 0 spiro atoms. The lowest BCUT2D eigenvalue weighted by Gasteiger charge is -1.92. The molecule has 0 aromatic rings. The molecule has 0 rings (SSSR count). The second-order valence-electron chi connectivity index (χ2n) is 1.36. The van der Waals surface area contributed by atoms with E-state index in [2.05, 4.69) is 30.2 Å². The van der Waals surface area contributed by atoms with Crippen LogP contribution in [0, 0.1) is 0 Å². The molecule has 0 heterocycles. The molecule has 0 aromatic carbocycles. The Labute approximate surface area is 66.8 Å². The number of ether oxygens (including phenoxy) is 1. The first-order chi connectivity index (χ1) is 5.22. The Hall–Kier alpha value is -1.51. The summed E-state index contributed by atoms with van der Waals surface area (Å²) in [6.07, 6.45) is 3.87. The number of carbonyl (C=O) groups is 1. The number of nitrogens with two attached hydrogens (primary N) is 1. The summed E-state index contributed by atoms with van der Waals surface area (Å²) in [5.74, 6) is -0.412. The van der Waals surface area contributed by atoms with Gasteiger partial charge in [-0.3, -0.25) is 0 Å². The molecule has 0 unspecified atom stereocenters. The number of hydrogen-bond donors (Lipinski definition) is 1. The average molecular weight is 155 g/mol. The largest absolute Gasteiger partial charge is 0.458 e. The van der Waals surface area contributed by atoms with E-state index < -0.39 is 5.97 Å². The van der Waals surface area contributed by atoms with Crippen LogP contribution in [0.4, 0.5) is 0 Å². The molecule has 0 amide bonds. The fourth-order valence-corrected chi connectivity index (χ4v) is 0.200. The average Bonchev–Trinajstić information content (AvgIpc) is 2.02. The van der Waals surface area contributed by atoms with Crippen molar-refractivity contribution in [2.24, 2.45) is 5.73 Å². The van der Waals surface area contributed by atoms with E-state index in [1.165, 1.54) is 12.3 Å². The van der Waals surface area contributed by atoms with Crippen LogP contribution in [-0.4, -0.2) is 12.6 Å². The standard InChI is InChI=1S/C6H8O2.C2H5N/c1-3-5-8-6(7)4-2;1-2-3/h3-4H,1-2,5H2;2H,1,3H2. The van der Waals surface area contributed by atoms with Gasteiger partial charge in [0.1, 0.15) is 6.61 Å². The Morgan fingerprint density at radius 1 is 1.45 bits per heavy atom. The highest BCUT2D eigenvalue weighted by atomic mass is 16.5. The van der Waals surface area contributed by atoms with Gasteiger partial charge < -0.3 is 10.5 Å². The van der Waals surface area contributed by atoms with Crippen molar-refractivity contribution in [2.75, 3.05) is 6.61 Å². The zero-order valence-corrected chi connectivity index (χ0v) is 6.45. The minimum absolute atomic E-state index is 0.255. The molecule has 0 radical (unpaired) electrons. The maximum absolute atomic E-state index is 10.2. The van der Waals surface area contributed by atoms with Crippen molar-refractivity contribution in [1.82, 2.24) is 0 Å². The Kier molecular flexibility index (Phi) is 12.5. The zero-order chi connectivity index (χ0) is 9.11. The van der Waals surface area contributed by atoms with Crippen molar-refractivity contribution in [3.63, 3.8) is 0 Å². The third-order valence-electron chi connectivity index (χ3n) is 0.510. The molecular formula is C8H13NO2. The van der Waals surface area contributed by atoms with Crippen molar-refractivity contribution in [1.29, 1.82) is 0 Å². The van der Waals surface area contributed by atoms with E-state index >= 15 is 0 Å². The number of carbonyl (C=O) groups excluding carboxylic acids is 1. The lowest BCUT2D eigenvalue weighted by atomic mass is 10.6. The third-order valence-corrected chi connectivity index (χ3v) is 0.510. The van der Waals surface area contributed by atoms with Crippen LogP contribution >= 0.6 is 0 Å². The monoisotopic (exact) mass is 155 g/mol. The van der Waals surface area contributed by atoms with Crippen LogP contribution in [0.15, 0.2) is 38.1 Å². The molecule has 3 heteroatoms. The van der Waals surface area contributed by atoms with Crippen LogP contribution in [0.5, 0.6) is 0 Å². The summed E-state index contributed by atoms with van der Waals surface area (Å²) in [5.41, 5.74) is 4.61. The molecule has 0 aliphatic heterocycles. The van der Waals surface area contributed by atoms with Gasteiger partial charge in [-0.25, -0.2) is 4.79 Å². The SMILES string of the molecule is C=CCOC(=O)C=C.C=CN. The second kappa shape index (κ2) is 11.3. The predicted octanol–water partition coefficient (Wildman–Crippen LogP) is 0.990. The maximum Gasteiger partial charge on any atom is 0.330 e. The van der Waals surface area contributed by atoms with E-state index in [9.17, 15) is 4.79 Å². The van der Waals surface area contributed by atoms with Gasteiger partial charge in [0, 0.05) is 6.08 Å². The van der Waals surface area contributed by atoms with Gasteiger partial charge in [0.05, 0.1) is 0 Å². The van der Waals surface area contributed by atoms with Gasteiger partial charge in [-0.05, 0) is 6.20 Å². The number of hydrogen-bond acceptors (Lipinski definition) is 3. The normalized spacial score (nSPS) is 6.55. The van der Waals surface area contributed by atoms with Crippen molar-refractivity contribution in [3.8, 4) is 0 Å². The molecule has 0 aliphatic rings. The molecule has 0 saturated carbocycles. The van der Waals surface area contributed by atoms with Crippen LogP contribution in [0.1, 0.15) is 0 Å². The van der Waals surface area contributed by atoms with Gasteiger partial charge in [0.25, 0.3) is 0 Å². The number of esters is 1. The molecule has 0 aromatic heterocycles. The molecule has 3 nitrogen and oxygen atoms in total. The van der Waals surface area contributed by atoms with Crippen LogP contribution in [0.25, 0.3) is 0 Å². The topological polar surface area (TPSA) is 52.3 Å². The predicted molar refractivity (Wildman–Crippen MR) is 45.7 cm³/mol. The van der Waals surface area contributed by atoms with E-state index in [0.29, 0.717) is 0 Å². The molecule has 62 valence electrons. The zero-order valence-electron chi connectivity index (χ0n) is 6.45. The van der Waals surface area contributed by atoms with E-state index in [-0.39, 0.29) is 6.61 Å². The third kappa shape index (κ3) is 17.7. The van der Waals surface area contributed by atoms with Gasteiger partial charge in [-0.2, -0.15) is 0 Å². The van der Waals surface area contributed by atoms with Crippen LogP contribution in [0.2, 0.25) is 0 Å². The molecule has 2 N–H and O–H groups in total. The minimum Gasteiger partial charge on any atom is -0.458 e. The minimum atomic E-state index is -0.412. The summed E-state index contributed by atoms with van der Waals surface area (Å²) < 4.78 is 4.47. The Balaban J connectivity index is 0. The molecule has 0 bridgehead atoms. The molecular weight excluding hydrogens is 142 g/mol. The summed E-state index contributed by atoms with van der Waals surface area (Å²) in [4.78, 5) is 10.2. The lowest BCUT2D eigenvalue weighted by molar-refractivity contribution is -0.136. The van der Waals surface area contributed by atoms with E-state index in [1.54, 1.807) is 0 Å². The smallest absolute Gasteiger partial charge is 0.330 e. The number of rotatable bonds is 3. The summed E-state index contributed by atoms with van der Waals surface area (Å²) >= 11 is 0. The molecule has 0 fully saturated rings. The van der Waals surface area contributed by atoms with Gasteiger partial charge in [-0.1, -0.05) is 25.8 Å². The van der Waals surface area contributed by atoms with E-state index in [4.69, 9.17) is 0 Å². The van der Waals surface area contributed by atoms with Crippen LogP contribution in [0.3, 0.4) is 0 Å². The first-order valence-corrected chi connectivity index (χ1v) is 2.95. The van der Waals surface area contributed by atoms with E-state index in [0.717, 1.165) is 6.08 Å². The summed E-state index contributed by atoms with van der Waals surface area (Å²) in [6.45, 7) is 9.95. The molecule has 0 aliphatic carbocycles. The summed E-state index contributed by atoms with van der Waals surface area (Å²) in [7, 11) is 0. The summed E-state index contributed by atoms with van der Waals surface area (Å²) in [5, 5.41) is 0. The Morgan fingerprint density at radius 2 is 1.91 bits per heavy atom. The highest BCUT2D eigenvalue weighted by molar-refractivity contribution is 5.81. The highest BCUT2D eigenvalue weighted by Crippen LogP contribution is 1.77. The highest BCUT2D eigenvalue weighted by Gasteiger charge is 1.87. The van der Waals surface area contributed by atoms with E-state index in [1.807, 2.05) is 0 Å². The fraction of sp³-hybridized carbons (Fsp3) is 0.125. The van der Waals surface area contributed by atoms with Gasteiger partial charge in [0.2, 0.25) is 0 Å². The van der Waals surface area contributed by atoms with Gasteiger partial charge in [-0.15, -0.1) is 0 Å². The van der Waals surface area contributed by atoms with Gasteiger partial charge in [0.15, 0.2) is 0 Å². The second-order valence-corrected chi connectivity index (χ2v) is 1.36. The maximum atomic E-state index is 10.2. The van der Waals surface area contributed by atoms with Crippen molar-refractivity contribution in [2.45, 2.75) is 0 Å². The molecule has 11 heavy (non-hydrogen) atoms. The van der Waals surface area contributed by atoms with Crippen molar-refractivity contribution < 1.29 is 9.53 Å². The Bertz CT molecular complexity index is 141. The summed E-state index contributed by atoms with van der Waals surface area (Å²) in [6, 6.07) is 0. The van der Waals surface area contributed by atoms with Crippen molar-refractivity contribution >= 4 is 5.97 Å². The van der Waals surface area contributed by atoms with Crippen LogP contribution < -0.4 is 5.73 Å². The lowest BCUT2D eigenvalue weighted by Crippen LogP contribution is -1.98. The first-order valence-electron chi connectivity index (χ1n) is 2.95. The fourth-order valence-electron chi connectivity index (χ4n) is 0.200. The van der Waals surface area contributed by atoms with Crippen molar-refractivity contribution in [3.05, 3.63) is 38.1 Å². The molecule has 0 saturated heterocycles. The Morgan fingerprint density at radius 3 is 2.18 bits per heavy atom. The quantitative estimate of drug-likeness (QED) is 0.375. The first kappa shape index (κ1) is 12.2. The van der Waals surface area contributed by atoms with Gasteiger partial charge >= 0.3 is 5.97 Å². The molecule has 0 atom stereocenters. The van der Waals surface area contributed by atoms with Crippen LogP contribution in [-0.2, 0) is 9.53 Å².